The van der Waals surface area contributed by atoms with E-state index in [0.29, 0.717) is 23.9 Å². The van der Waals surface area contributed by atoms with Crippen molar-refractivity contribution < 1.29 is 14.3 Å². The topological polar surface area (TPSA) is 42.0 Å². The molecule has 3 atom stereocenters. The van der Waals surface area contributed by atoms with Gasteiger partial charge >= 0.3 is 0 Å². The zero-order valence-corrected chi connectivity index (χ0v) is 15.5. The quantitative estimate of drug-likeness (QED) is 0.845. The second-order valence-corrected chi connectivity index (χ2v) is 7.75. The van der Waals surface area contributed by atoms with Crippen molar-refractivity contribution in [1.29, 1.82) is 0 Å². The molecule has 0 aromatic heterocycles. The molecule has 25 heavy (non-hydrogen) atoms. The molecule has 4 rings (SSSR count). The summed E-state index contributed by atoms with van der Waals surface area (Å²) in [6.45, 7) is 5.17. The monoisotopic (exact) mass is 344 g/mol. The Morgan fingerprint density at radius 2 is 1.84 bits per heavy atom. The zero-order valence-electron chi connectivity index (χ0n) is 15.5. The van der Waals surface area contributed by atoms with Gasteiger partial charge in [0.05, 0.1) is 14.2 Å². The SMILES string of the molecule is COc1cc2c(cc1OC)C1CCC(N3CC(C)CC3=O)CN1CC2. The molecule has 1 aromatic rings. The van der Waals surface area contributed by atoms with Crippen LogP contribution in [0.25, 0.3) is 0 Å². The van der Waals surface area contributed by atoms with Crippen molar-refractivity contribution in [2.75, 3.05) is 33.9 Å². The Morgan fingerprint density at radius 3 is 2.52 bits per heavy atom. The van der Waals surface area contributed by atoms with Crippen LogP contribution >= 0.6 is 0 Å². The summed E-state index contributed by atoms with van der Waals surface area (Å²) < 4.78 is 11.0. The number of hydrogen-bond donors (Lipinski definition) is 0. The van der Waals surface area contributed by atoms with Crippen molar-refractivity contribution in [3.8, 4) is 11.5 Å². The molecule has 0 saturated carbocycles. The first-order chi connectivity index (χ1) is 12.1. The van der Waals surface area contributed by atoms with Crippen LogP contribution in [0.4, 0.5) is 0 Å². The average Bonchev–Trinajstić information content (AvgIpc) is 2.98. The number of nitrogens with zero attached hydrogens (tertiary/aromatic N) is 2. The van der Waals surface area contributed by atoms with Crippen LogP contribution < -0.4 is 9.47 Å². The fourth-order valence-electron chi connectivity index (χ4n) is 4.87. The average molecular weight is 344 g/mol. The summed E-state index contributed by atoms with van der Waals surface area (Å²) in [6, 6.07) is 5.13. The largest absolute Gasteiger partial charge is 0.493 e. The van der Waals surface area contributed by atoms with Crippen LogP contribution in [-0.4, -0.2) is 55.6 Å². The maximum absolute atomic E-state index is 12.3. The summed E-state index contributed by atoms with van der Waals surface area (Å²) in [6.07, 6.45) is 3.95. The van der Waals surface area contributed by atoms with Crippen molar-refractivity contribution in [1.82, 2.24) is 9.80 Å². The first-order valence-corrected chi connectivity index (χ1v) is 9.39. The standard InChI is InChI=1S/C20H28N2O3/c1-13-8-20(23)22(11-13)15-4-5-17-16-10-19(25-3)18(24-2)9-14(16)6-7-21(17)12-15/h9-10,13,15,17H,4-8,11-12H2,1-3H3. The van der Waals surface area contributed by atoms with Crippen LogP contribution in [0.1, 0.15) is 43.4 Å². The van der Waals surface area contributed by atoms with Crippen molar-refractivity contribution >= 4 is 5.91 Å². The number of methoxy groups -OCH3 is 2. The highest BCUT2D eigenvalue weighted by Crippen LogP contribution is 2.42. The Morgan fingerprint density at radius 1 is 1.08 bits per heavy atom. The number of ether oxygens (including phenoxy) is 2. The van der Waals surface area contributed by atoms with Crippen LogP contribution in [0.3, 0.4) is 0 Å². The third-order valence-corrected chi connectivity index (χ3v) is 6.12. The van der Waals surface area contributed by atoms with E-state index in [4.69, 9.17) is 9.47 Å². The second kappa shape index (κ2) is 6.52. The van der Waals surface area contributed by atoms with Gasteiger partial charge in [-0.25, -0.2) is 0 Å². The molecule has 0 radical (unpaired) electrons. The molecule has 1 amide bonds. The molecule has 0 N–H and O–H groups in total. The van der Waals surface area contributed by atoms with Gasteiger partial charge < -0.3 is 14.4 Å². The summed E-state index contributed by atoms with van der Waals surface area (Å²) in [5, 5.41) is 0. The molecule has 136 valence electrons. The van der Waals surface area contributed by atoms with Gasteiger partial charge in [0, 0.05) is 38.1 Å². The minimum Gasteiger partial charge on any atom is -0.493 e. The number of carbonyl (C=O) groups excluding carboxylic acids is 1. The van der Waals surface area contributed by atoms with Gasteiger partial charge in [-0.2, -0.15) is 0 Å². The van der Waals surface area contributed by atoms with Crippen molar-refractivity contribution in [2.45, 2.75) is 44.7 Å². The van der Waals surface area contributed by atoms with Gasteiger partial charge in [0.25, 0.3) is 0 Å². The Labute approximate surface area is 149 Å². The summed E-state index contributed by atoms with van der Waals surface area (Å²) >= 11 is 0. The van der Waals surface area contributed by atoms with Gasteiger partial charge in [0.2, 0.25) is 5.91 Å². The highest BCUT2D eigenvalue weighted by Gasteiger charge is 2.39. The fraction of sp³-hybridized carbons (Fsp3) is 0.650. The molecule has 3 aliphatic rings. The van der Waals surface area contributed by atoms with Gasteiger partial charge in [-0.15, -0.1) is 0 Å². The Hall–Kier alpha value is -1.75. The second-order valence-electron chi connectivity index (χ2n) is 7.75. The molecule has 0 bridgehead atoms. The molecule has 5 nitrogen and oxygen atoms in total. The molecule has 0 spiro atoms. The number of fused-ring (bicyclic) bond motifs is 3. The number of likely N-dealkylation sites (tertiary alicyclic amines) is 1. The van der Waals surface area contributed by atoms with E-state index in [1.165, 1.54) is 11.1 Å². The van der Waals surface area contributed by atoms with Gasteiger partial charge in [-0.05, 0) is 48.4 Å². The van der Waals surface area contributed by atoms with Crippen LogP contribution in [-0.2, 0) is 11.2 Å². The number of hydrogen-bond acceptors (Lipinski definition) is 4. The van der Waals surface area contributed by atoms with Crippen LogP contribution in [0, 0.1) is 5.92 Å². The Balaban J connectivity index is 1.55. The molecule has 3 heterocycles. The van der Waals surface area contributed by atoms with E-state index in [2.05, 4.69) is 28.9 Å². The highest BCUT2D eigenvalue weighted by atomic mass is 16.5. The van der Waals surface area contributed by atoms with Gasteiger partial charge in [-0.1, -0.05) is 6.92 Å². The van der Waals surface area contributed by atoms with E-state index in [-0.39, 0.29) is 0 Å². The number of rotatable bonds is 3. The lowest BCUT2D eigenvalue weighted by Gasteiger charge is -2.46. The summed E-state index contributed by atoms with van der Waals surface area (Å²) in [7, 11) is 3.39. The van der Waals surface area contributed by atoms with Crippen molar-refractivity contribution in [2.24, 2.45) is 5.92 Å². The van der Waals surface area contributed by atoms with E-state index in [1.807, 2.05) is 0 Å². The van der Waals surface area contributed by atoms with E-state index >= 15 is 0 Å². The van der Waals surface area contributed by atoms with E-state index in [1.54, 1.807) is 14.2 Å². The maximum Gasteiger partial charge on any atom is 0.223 e. The number of amides is 1. The van der Waals surface area contributed by atoms with Crippen LogP contribution in [0.2, 0.25) is 0 Å². The lowest BCUT2D eigenvalue weighted by molar-refractivity contribution is -0.131. The Kier molecular flexibility index (Phi) is 4.36. The minimum absolute atomic E-state index is 0.347. The van der Waals surface area contributed by atoms with E-state index in [9.17, 15) is 4.79 Å². The normalized spacial score (nSPS) is 29.3. The highest BCUT2D eigenvalue weighted by molar-refractivity contribution is 5.79. The number of piperidine rings is 1. The summed E-state index contributed by atoms with van der Waals surface area (Å²) in [5.41, 5.74) is 2.76. The smallest absolute Gasteiger partial charge is 0.223 e. The summed E-state index contributed by atoms with van der Waals surface area (Å²) in [4.78, 5) is 17.0. The molecule has 1 aromatic carbocycles. The zero-order chi connectivity index (χ0) is 17.6. The fourth-order valence-corrected chi connectivity index (χ4v) is 4.87. The number of benzene rings is 1. The summed E-state index contributed by atoms with van der Waals surface area (Å²) in [5.74, 6) is 2.48. The van der Waals surface area contributed by atoms with Crippen LogP contribution in [0.15, 0.2) is 12.1 Å². The molecular formula is C20H28N2O3. The predicted molar refractivity (Wildman–Crippen MR) is 96.1 cm³/mol. The molecule has 0 aliphatic carbocycles. The van der Waals surface area contributed by atoms with Crippen molar-refractivity contribution in [3.05, 3.63) is 23.3 Å². The first kappa shape index (κ1) is 16.7. The number of carbonyl (C=O) groups is 1. The van der Waals surface area contributed by atoms with Gasteiger partial charge in [0.1, 0.15) is 0 Å². The third-order valence-electron chi connectivity index (χ3n) is 6.12. The third kappa shape index (κ3) is 2.88. The lowest BCUT2D eigenvalue weighted by Crippen LogP contribution is -2.51. The predicted octanol–water partition coefficient (Wildman–Crippen LogP) is 2.63. The van der Waals surface area contributed by atoms with Crippen LogP contribution in [0.5, 0.6) is 11.5 Å². The lowest BCUT2D eigenvalue weighted by atomic mass is 9.85. The maximum atomic E-state index is 12.3. The molecular weight excluding hydrogens is 316 g/mol. The minimum atomic E-state index is 0.347. The molecule has 3 aliphatic heterocycles. The van der Waals surface area contributed by atoms with Gasteiger partial charge in [-0.3, -0.25) is 9.69 Å². The van der Waals surface area contributed by atoms with Gasteiger partial charge in [0.15, 0.2) is 11.5 Å². The first-order valence-electron chi connectivity index (χ1n) is 9.39. The molecule has 3 unspecified atom stereocenters. The molecule has 2 saturated heterocycles. The van der Waals surface area contributed by atoms with E-state index in [0.717, 1.165) is 56.8 Å². The Bertz CT molecular complexity index is 675. The van der Waals surface area contributed by atoms with E-state index < -0.39 is 0 Å². The van der Waals surface area contributed by atoms with Crippen molar-refractivity contribution in [3.63, 3.8) is 0 Å². The molecule has 5 heteroatoms. The molecule has 2 fully saturated rings.